The Morgan fingerprint density at radius 2 is 1.61 bits per heavy atom. The molecule has 1 N–H and O–H groups in total. The highest BCUT2D eigenvalue weighted by molar-refractivity contribution is 5.92. The summed E-state index contributed by atoms with van der Waals surface area (Å²) in [7, 11) is 1.56. The fraction of sp³-hybridized carbons (Fsp3) is 0.167. The number of amides is 1. The molecule has 33 heavy (non-hydrogen) atoms. The highest BCUT2D eigenvalue weighted by Gasteiger charge is 2.10. The molecule has 9 nitrogen and oxygen atoms in total. The van der Waals surface area contributed by atoms with Gasteiger partial charge in [-0.2, -0.15) is 0 Å². The molecule has 0 aliphatic carbocycles. The summed E-state index contributed by atoms with van der Waals surface area (Å²) in [4.78, 5) is 34.3. The summed E-state index contributed by atoms with van der Waals surface area (Å²) < 4.78 is 16.0. The third-order valence-electron chi connectivity index (χ3n) is 4.51. The molecule has 3 aromatic rings. The number of nitro groups is 1. The zero-order valence-corrected chi connectivity index (χ0v) is 17.9. The minimum absolute atomic E-state index is 0.00580. The number of rotatable bonds is 10. The maximum absolute atomic E-state index is 12.0. The fourth-order valence-electron chi connectivity index (χ4n) is 2.82. The molecule has 0 bridgehead atoms. The predicted molar refractivity (Wildman–Crippen MR) is 120 cm³/mol. The number of ether oxygens (including phenoxy) is 3. The molecule has 3 rings (SSSR count). The van der Waals surface area contributed by atoms with Crippen molar-refractivity contribution in [2.75, 3.05) is 12.4 Å². The Hall–Kier alpha value is -4.40. The van der Waals surface area contributed by atoms with Crippen molar-refractivity contribution in [3.05, 3.63) is 88.5 Å². The van der Waals surface area contributed by atoms with E-state index in [2.05, 4.69) is 5.32 Å². The topological polar surface area (TPSA) is 117 Å². The molecule has 0 radical (unpaired) electrons. The van der Waals surface area contributed by atoms with Crippen molar-refractivity contribution >= 4 is 23.3 Å². The lowest BCUT2D eigenvalue weighted by Crippen LogP contribution is -2.14. The molecule has 0 aromatic heterocycles. The zero-order valence-electron chi connectivity index (χ0n) is 17.9. The van der Waals surface area contributed by atoms with Crippen LogP contribution in [0.4, 0.5) is 11.4 Å². The Balaban J connectivity index is 1.44. The number of benzene rings is 3. The van der Waals surface area contributed by atoms with Gasteiger partial charge in [-0.3, -0.25) is 19.7 Å². The van der Waals surface area contributed by atoms with Crippen LogP contribution in [0.25, 0.3) is 0 Å². The summed E-state index contributed by atoms with van der Waals surface area (Å²) in [5.41, 5.74) is 1.28. The first-order valence-electron chi connectivity index (χ1n) is 10.0. The summed E-state index contributed by atoms with van der Waals surface area (Å²) in [5.74, 6) is 0.824. The summed E-state index contributed by atoms with van der Waals surface area (Å²) in [5, 5.41) is 13.4. The van der Waals surface area contributed by atoms with E-state index in [9.17, 15) is 19.7 Å². The van der Waals surface area contributed by atoms with Crippen LogP contribution in [0.2, 0.25) is 0 Å². The van der Waals surface area contributed by atoms with E-state index in [4.69, 9.17) is 14.2 Å². The van der Waals surface area contributed by atoms with Crippen molar-refractivity contribution in [1.29, 1.82) is 0 Å². The first-order valence-corrected chi connectivity index (χ1v) is 10.0. The minimum atomic E-state index is -0.499. The monoisotopic (exact) mass is 450 g/mol. The Labute approximate surface area is 190 Å². The maximum atomic E-state index is 12.0. The quantitative estimate of drug-likeness (QED) is 0.266. The van der Waals surface area contributed by atoms with E-state index < -0.39 is 10.9 Å². The number of hydrogen-bond donors (Lipinski definition) is 1. The van der Waals surface area contributed by atoms with Gasteiger partial charge in [0.2, 0.25) is 5.91 Å². The molecule has 3 aromatic carbocycles. The molecule has 0 aliphatic heterocycles. The summed E-state index contributed by atoms with van der Waals surface area (Å²) in [6, 6.07) is 19.5. The number of hydrogen-bond acceptors (Lipinski definition) is 7. The SMILES string of the molecule is COc1ccc(NC(=O)CCC(=O)OCc2cccc(Oc3ccc([N+](=O)[O-])cc3)c2)cc1. The van der Waals surface area contributed by atoms with Gasteiger partial charge in [0, 0.05) is 24.2 Å². The summed E-state index contributed by atoms with van der Waals surface area (Å²) >= 11 is 0. The minimum Gasteiger partial charge on any atom is -0.497 e. The van der Waals surface area contributed by atoms with Crippen LogP contribution in [-0.4, -0.2) is 23.9 Å². The average Bonchev–Trinajstić information content (AvgIpc) is 2.82. The van der Waals surface area contributed by atoms with Crippen LogP contribution in [0.15, 0.2) is 72.8 Å². The molecule has 0 fully saturated rings. The highest BCUT2D eigenvalue weighted by Crippen LogP contribution is 2.24. The standard InChI is InChI=1S/C24H22N2O7/c1-31-20-9-5-18(6-10-20)25-23(27)13-14-24(28)32-16-17-3-2-4-22(15-17)33-21-11-7-19(8-12-21)26(29)30/h2-12,15H,13-14,16H2,1H3,(H,25,27). The molecule has 0 aliphatic rings. The predicted octanol–water partition coefficient (Wildman–Crippen LogP) is 4.86. The highest BCUT2D eigenvalue weighted by atomic mass is 16.6. The third-order valence-corrected chi connectivity index (χ3v) is 4.51. The van der Waals surface area contributed by atoms with Crippen LogP contribution in [0.5, 0.6) is 17.2 Å². The summed E-state index contributed by atoms with van der Waals surface area (Å²) in [6.45, 7) is 0.0242. The van der Waals surface area contributed by atoms with Crippen LogP contribution >= 0.6 is 0 Å². The molecule has 9 heteroatoms. The van der Waals surface area contributed by atoms with E-state index in [0.29, 0.717) is 28.5 Å². The number of esters is 1. The number of nitrogens with one attached hydrogen (secondary N) is 1. The van der Waals surface area contributed by atoms with Crippen molar-refractivity contribution in [2.45, 2.75) is 19.4 Å². The summed E-state index contributed by atoms with van der Waals surface area (Å²) in [6.07, 6.45) is -0.0604. The number of nitrogens with zero attached hydrogens (tertiary/aromatic N) is 1. The normalized spacial score (nSPS) is 10.2. The van der Waals surface area contributed by atoms with Crippen molar-refractivity contribution < 1.29 is 28.7 Å². The van der Waals surface area contributed by atoms with Crippen molar-refractivity contribution in [3.63, 3.8) is 0 Å². The molecule has 0 unspecified atom stereocenters. The molecular weight excluding hydrogens is 428 g/mol. The van der Waals surface area contributed by atoms with E-state index in [1.165, 1.54) is 24.3 Å². The van der Waals surface area contributed by atoms with Gasteiger partial charge in [-0.1, -0.05) is 12.1 Å². The molecule has 170 valence electrons. The molecule has 0 saturated carbocycles. The number of carbonyl (C=O) groups excluding carboxylic acids is 2. The van der Waals surface area contributed by atoms with Crippen molar-refractivity contribution in [3.8, 4) is 17.2 Å². The second-order valence-electron chi connectivity index (χ2n) is 6.94. The van der Waals surface area contributed by atoms with E-state index in [0.717, 1.165) is 0 Å². The Kier molecular flexibility index (Phi) is 7.96. The van der Waals surface area contributed by atoms with E-state index in [1.54, 1.807) is 55.6 Å². The number of nitro benzene ring substituents is 1. The Bertz CT molecular complexity index is 1110. The number of carbonyl (C=O) groups is 2. The van der Waals surface area contributed by atoms with Gasteiger partial charge >= 0.3 is 5.97 Å². The largest absolute Gasteiger partial charge is 0.497 e. The lowest BCUT2D eigenvalue weighted by Gasteiger charge is -2.09. The van der Waals surface area contributed by atoms with Gasteiger partial charge < -0.3 is 19.5 Å². The molecule has 0 spiro atoms. The van der Waals surface area contributed by atoms with Gasteiger partial charge in [0.25, 0.3) is 5.69 Å². The first-order chi connectivity index (χ1) is 15.9. The Morgan fingerprint density at radius 1 is 0.909 bits per heavy atom. The lowest BCUT2D eigenvalue weighted by atomic mass is 10.2. The van der Waals surface area contributed by atoms with Gasteiger partial charge in [0.15, 0.2) is 0 Å². The second kappa shape index (κ2) is 11.3. The number of anilines is 1. The van der Waals surface area contributed by atoms with E-state index in [-0.39, 0.29) is 31.0 Å². The maximum Gasteiger partial charge on any atom is 0.306 e. The molecule has 0 heterocycles. The van der Waals surface area contributed by atoms with Crippen LogP contribution in [-0.2, 0) is 20.9 Å². The smallest absolute Gasteiger partial charge is 0.306 e. The molecule has 0 saturated heterocycles. The number of non-ortho nitro benzene ring substituents is 1. The molecular formula is C24H22N2O7. The van der Waals surface area contributed by atoms with Crippen molar-refractivity contribution in [2.24, 2.45) is 0 Å². The molecule has 0 atom stereocenters. The van der Waals surface area contributed by atoms with Crippen LogP contribution in [0.1, 0.15) is 18.4 Å². The number of methoxy groups -OCH3 is 1. The van der Waals surface area contributed by atoms with Gasteiger partial charge in [-0.25, -0.2) is 0 Å². The van der Waals surface area contributed by atoms with Gasteiger partial charge in [0.1, 0.15) is 23.9 Å². The Morgan fingerprint density at radius 3 is 2.27 bits per heavy atom. The van der Waals surface area contributed by atoms with E-state index in [1.807, 2.05) is 0 Å². The zero-order chi connectivity index (χ0) is 23.6. The third kappa shape index (κ3) is 7.35. The fourth-order valence-corrected chi connectivity index (χ4v) is 2.82. The van der Waals surface area contributed by atoms with Gasteiger partial charge in [0.05, 0.1) is 18.5 Å². The van der Waals surface area contributed by atoms with E-state index >= 15 is 0 Å². The van der Waals surface area contributed by atoms with Gasteiger partial charge in [-0.15, -0.1) is 0 Å². The van der Waals surface area contributed by atoms with Crippen LogP contribution in [0, 0.1) is 10.1 Å². The van der Waals surface area contributed by atoms with Crippen LogP contribution < -0.4 is 14.8 Å². The first kappa shape index (κ1) is 23.3. The van der Waals surface area contributed by atoms with Crippen LogP contribution in [0.3, 0.4) is 0 Å². The molecule has 1 amide bonds. The second-order valence-corrected chi connectivity index (χ2v) is 6.94. The van der Waals surface area contributed by atoms with Crippen molar-refractivity contribution in [1.82, 2.24) is 0 Å². The van der Waals surface area contributed by atoms with Gasteiger partial charge in [-0.05, 0) is 54.1 Å². The lowest BCUT2D eigenvalue weighted by molar-refractivity contribution is -0.384. The average molecular weight is 450 g/mol.